The number of carbonyl (C=O) groups is 2. The van der Waals surface area contributed by atoms with Crippen molar-refractivity contribution in [1.82, 2.24) is 10.2 Å². The fraction of sp³-hybridized carbons (Fsp3) is 0.600. The Labute approximate surface area is 90.1 Å². The molecule has 0 spiro atoms. The second-order valence-electron chi connectivity index (χ2n) is 3.25. The molecule has 0 fully saturated rings. The standard InChI is InChI=1S/C10H18N2O3/c1-5-7-15-10(14)9(12(3)4)11-8(13)6-2/h6,9H,2,5,7H2,1,3-4H3,(H,11,13). The summed E-state index contributed by atoms with van der Waals surface area (Å²) in [6, 6.07) is 0. The van der Waals surface area contributed by atoms with Gasteiger partial charge in [0.25, 0.3) is 0 Å². The third kappa shape index (κ3) is 5.17. The number of amides is 1. The van der Waals surface area contributed by atoms with E-state index >= 15 is 0 Å². The van der Waals surface area contributed by atoms with Crippen molar-refractivity contribution in [1.29, 1.82) is 0 Å². The van der Waals surface area contributed by atoms with Crippen LogP contribution in [-0.2, 0) is 14.3 Å². The lowest BCUT2D eigenvalue weighted by atomic mass is 10.4. The Kier molecular flexibility index (Phi) is 6.37. The third-order valence-corrected chi connectivity index (χ3v) is 1.65. The quantitative estimate of drug-likeness (QED) is 0.388. The molecule has 86 valence electrons. The fourth-order valence-electron chi connectivity index (χ4n) is 0.874. The summed E-state index contributed by atoms with van der Waals surface area (Å²) in [4.78, 5) is 24.1. The Morgan fingerprint density at radius 2 is 2.13 bits per heavy atom. The van der Waals surface area contributed by atoms with Crippen LogP contribution in [0.4, 0.5) is 0 Å². The molecule has 5 nitrogen and oxygen atoms in total. The first kappa shape index (κ1) is 13.6. The van der Waals surface area contributed by atoms with Crippen molar-refractivity contribution in [2.45, 2.75) is 19.5 Å². The van der Waals surface area contributed by atoms with Gasteiger partial charge in [0.15, 0.2) is 6.17 Å². The lowest BCUT2D eigenvalue weighted by Crippen LogP contribution is -2.50. The lowest BCUT2D eigenvalue weighted by molar-refractivity contribution is -0.151. The number of ether oxygens (including phenoxy) is 1. The van der Waals surface area contributed by atoms with Gasteiger partial charge in [0.1, 0.15) is 0 Å². The highest BCUT2D eigenvalue weighted by Gasteiger charge is 2.23. The van der Waals surface area contributed by atoms with Gasteiger partial charge in [0.05, 0.1) is 6.61 Å². The number of likely N-dealkylation sites (N-methyl/N-ethyl adjacent to an activating group) is 1. The van der Waals surface area contributed by atoms with Gasteiger partial charge in [-0.1, -0.05) is 13.5 Å². The summed E-state index contributed by atoms with van der Waals surface area (Å²) in [5.41, 5.74) is 0. The normalized spacial score (nSPS) is 12.0. The van der Waals surface area contributed by atoms with Crippen LogP contribution in [-0.4, -0.2) is 43.6 Å². The summed E-state index contributed by atoms with van der Waals surface area (Å²) in [6.07, 6.45) is 1.10. The van der Waals surface area contributed by atoms with Gasteiger partial charge in [-0.05, 0) is 26.6 Å². The highest BCUT2D eigenvalue weighted by Crippen LogP contribution is 1.94. The van der Waals surface area contributed by atoms with Gasteiger partial charge >= 0.3 is 5.97 Å². The molecule has 0 bridgehead atoms. The maximum Gasteiger partial charge on any atom is 0.344 e. The molecule has 15 heavy (non-hydrogen) atoms. The van der Waals surface area contributed by atoms with Crippen molar-refractivity contribution >= 4 is 11.9 Å². The first-order valence-corrected chi connectivity index (χ1v) is 4.79. The van der Waals surface area contributed by atoms with Gasteiger partial charge in [0.2, 0.25) is 5.91 Å². The summed E-state index contributed by atoms with van der Waals surface area (Å²) in [5.74, 6) is -0.862. The predicted octanol–water partition coefficient (Wildman–Crippen LogP) is 0.130. The fourth-order valence-corrected chi connectivity index (χ4v) is 0.874. The monoisotopic (exact) mass is 214 g/mol. The van der Waals surface area contributed by atoms with E-state index in [9.17, 15) is 9.59 Å². The zero-order chi connectivity index (χ0) is 11.8. The molecule has 0 aliphatic carbocycles. The molecule has 0 aliphatic rings. The molecular formula is C10H18N2O3. The number of nitrogens with one attached hydrogen (secondary N) is 1. The van der Waals surface area contributed by atoms with Crippen molar-refractivity contribution in [2.24, 2.45) is 0 Å². The second kappa shape index (κ2) is 7.00. The van der Waals surface area contributed by atoms with Crippen LogP contribution in [0.5, 0.6) is 0 Å². The minimum atomic E-state index is -0.762. The SMILES string of the molecule is C=CC(=O)NC(C(=O)OCCC)N(C)C. The van der Waals surface area contributed by atoms with Gasteiger partial charge in [0, 0.05) is 0 Å². The van der Waals surface area contributed by atoms with Gasteiger partial charge in [-0.3, -0.25) is 9.69 Å². The zero-order valence-electron chi connectivity index (χ0n) is 9.45. The van der Waals surface area contributed by atoms with E-state index < -0.39 is 18.0 Å². The van der Waals surface area contributed by atoms with Crippen LogP contribution in [0, 0.1) is 0 Å². The Balaban J connectivity index is 4.31. The molecule has 5 heteroatoms. The molecule has 0 radical (unpaired) electrons. The van der Waals surface area contributed by atoms with Crippen molar-refractivity contribution in [3.63, 3.8) is 0 Å². The van der Waals surface area contributed by atoms with Crippen LogP contribution in [0.25, 0.3) is 0 Å². The first-order chi connectivity index (χ1) is 7.02. The zero-order valence-corrected chi connectivity index (χ0v) is 9.45. The van der Waals surface area contributed by atoms with Gasteiger partial charge < -0.3 is 10.1 Å². The molecule has 1 N–H and O–H groups in total. The Bertz CT molecular complexity index is 239. The van der Waals surface area contributed by atoms with Crippen molar-refractivity contribution in [2.75, 3.05) is 20.7 Å². The van der Waals surface area contributed by atoms with E-state index in [1.165, 1.54) is 0 Å². The second-order valence-corrected chi connectivity index (χ2v) is 3.25. The molecule has 1 amide bonds. The minimum Gasteiger partial charge on any atom is -0.463 e. The average molecular weight is 214 g/mol. The molecular weight excluding hydrogens is 196 g/mol. The van der Waals surface area contributed by atoms with Crippen molar-refractivity contribution in [3.8, 4) is 0 Å². The van der Waals surface area contributed by atoms with E-state index in [1.54, 1.807) is 19.0 Å². The van der Waals surface area contributed by atoms with Crippen LogP contribution < -0.4 is 5.32 Å². The minimum absolute atomic E-state index is 0.354. The molecule has 0 rings (SSSR count). The largest absolute Gasteiger partial charge is 0.463 e. The Hall–Kier alpha value is -1.36. The van der Waals surface area contributed by atoms with E-state index in [0.717, 1.165) is 12.5 Å². The number of esters is 1. The number of carbonyl (C=O) groups excluding carboxylic acids is 2. The number of nitrogens with zero attached hydrogens (tertiary/aromatic N) is 1. The average Bonchev–Trinajstić information content (AvgIpc) is 2.21. The highest BCUT2D eigenvalue weighted by atomic mass is 16.5. The highest BCUT2D eigenvalue weighted by molar-refractivity contribution is 5.90. The maximum atomic E-state index is 11.5. The van der Waals surface area contributed by atoms with E-state index in [2.05, 4.69) is 11.9 Å². The van der Waals surface area contributed by atoms with Gasteiger partial charge in [-0.2, -0.15) is 0 Å². The number of hydrogen-bond acceptors (Lipinski definition) is 4. The molecule has 0 saturated heterocycles. The number of rotatable bonds is 6. The third-order valence-electron chi connectivity index (χ3n) is 1.65. The predicted molar refractivity (Wildman–Crippen MR) is 57.1 cm³/mol. The summed E-state index contributed by atoms with van der Waals surface area (Å²) in [7, 11) is 3.36. The van der Waals surface area contributed by atoms with E-state index in [4.69, 9.17) is 4.74 Å². The molecule has 0 aromatic carbocycles. The van der Waals surface area contributed by atoms with Crippen molar-refractivity contribution in [3.05, 3.63) is 12.7 Å². The van der Waals surface area contributed by atoms with Crippen LogP contribution in [0.2, 0.25) is 0 Å². The number of hydrogen-bond donors (Lipinski definition) is 1. The van der Waals surface area contributed by atoms with Gasteiger partial charge in [-0.25, -0.2) is 4.79 Å². The molecule has 0 aromatic rings. The molecule has 0 heterocycles. The molecule has 1 unspecified atom stereocenters. The van der Waals surface area contributed by atoms with Crippen LogP contribution in [0.3, 0.4) is 0 Å². The molecule has 1 atom stereocenters. The van der Waals surface area contributed by atoms with E-state index in [-0.39, 0.29) is 0 Å². The Morgan fingerprint density at radius 3 is 2.53 bits per heavy atom. The summed E-state index contributed by atoms with van der Waals surface area (Å²) < 4.78 is 4.93. The van der Waals surface area contributed by atoms with Crippen molar-refractivity contribution < 1.29 is 14.3 Å². The van der Waals surface area contributed by atoms with E-state index in [1.807, 2.05) is 6.92 Å². The van der Waals surface area contributed by atoms with E-state index in [0.29, 0.717) is 6.61 Å². The molecule has 0 aliphatic heterocycles. The lowest BCUT2D eigenvalue weighted by Gasteiger charge is -2.22. The van der Waals surface area contributed by atoms with Crippen LogP contribution in [0.1, 0.15) is 13.3 Å². The smallest absolute Gasteiger partial charge is 0.344 e. The maximum absolute atomic E-state index is 11.5. The summed E-state index contributed by atoms with van der Waals surface area (Å²) in [6.45, 7) is 5.57. The summed E-state index contributed by atoms with van der Waals surface area (Å²) >= 11 is 0. The molecule has 0 aromatic heterocycles. The Morgan fingerprint density at radius 1 is 1.53 bits per heavy atom. The topological polar surface area (TPSA) is 58.6 Å². The van der Waals surface area contributed by atoms with Gasteiger partial charge in [-0.15, -0.1) is 0 Å². The summed E-state index contributed by atoms with van der Waals surface area (Å²) in [5, 5.41) is 2.47. The molecule has 0 saturated carbocycles. The van der Waals surface area contributed by atoms with Crippen LogP contribution in [0.15, 0.2) is 12.7 Å². The van der Waals surface area contributed by atoms with Crippen LogP contribution >= 0.6 is 0 Å². The first-order valence-electron chi connectivity index (χ1n) is 4.79.